The van der Waals surface area contributed by atoms with Crippen LogP contribution < -0.4 is 10.6 Å². The van der Waals surface area contributed by atoms with Crippen molar-refractivity contribution in [1.29, 1.82) is 0 Å². The van der Waals surface area contributed by atoms with E-state index in [0.717, 1.165) is 15.1 Å². The van der Waals surface area contributed by atoms with Crippen LogP contribution in [0.4, 0.5) is 4.39 Å². The number of ketones is 2. The quantitative estimate of drug-likeness (QED) is 0.242. The Morgan fingerprint density at radius 3 is 2.40 bits per heavy atom. The Morgan fingerprint density at radius 2 is 1.70 bits per heavy atom. The van der Waals surface area contributed by atoms with Gasteiger partial charge in [-0.1, -0.05) is 30.3 Å². The van der Waals surface area contributed by atoms with E-state index in [-0.39, 0.29) is 27.6 Å². The number of rotatable bonds is 2. The van der Waals surface area contributed by atoms with Crippen molar-refractivity contribution in [3.8, 4) is 10.4 Å². The number of furan rings is 1. The van der Waals surface area contributed by atoms with E-state index in [1.165, 1.54) is 13.0 Å². The van der Waals surface area contributed by atoms with Gasteiger partial charge in [0.1, 0.15) is 17.2 Å². The molecule has 0 aliphatic heterocycles. The molecule has 30 heavy (non-hydrogen) atoms. The minimum absolute atomic E-state index is 0.00325. The number of thiophene rings is 1. The summed E-state index contributed by atoms with van der Waals surface area (Å²) in [5.41, 5.74) is 2.37. The minimum atomic E-state index is -0.488. The van der Waals surface area contributed by atoms with Crippen molar-refractivity contribution in [2.45, 2.75) is 6.92 Å². The number of Topliss-reactive ketones (excluding diaryl/α,β-unsaturated/α-hetero) is 2. The number of hydrogen-bond donors (Lipinski definition) is 0. The maximum Gasteiger partial charge on any atom is 0.198 e. The maximum absolute atomic E-state index is 14.4. The number of fused-ring (bicyclic) bond motifs is 2. The lowest BCUT2D eigenvalue weighted by molar-refractivity contribution is 0.0990. The molecule has 0 saturated heterocycles. The molecule has 4 aromatic rings. The van der Waals surface area contributed by atoms with Gasteiger partial charge in [-0.15, -0.1) is 29.8 Å². The van der Waals surface area contributed by atoms with Gasteiger partial charge in [-0.3, -0.25) is 9.59 Å². The second-order valence-electron chi connectivity index (χ2n) is 7.09. The first kappa shape index (κ1) is 19.5. The van der Waals surface area contributed by atoms with Gasteiger partial charge >= 0.3 is 0 Å². The van der Waals surface area contributed by atoms with Crippen LogP contribution in [0.2, 0.25) is 0 Å². The molecule has 2 aromatic carbocycles. The zero-order chi connectivity index (χ0) is 21.2. The summed E-state index contributed by atoms with van der Waals surface area (Å²) in [5, 5.41) is 0.679. The van der Waals surface area contributed by atoms with Crippen LogP contribution in [-0.2, 0) is 0 Å². The Labute approximate surface area is 180 Å². The first-order valence-corrected chi connectivity index (χ1v) is 11.1. The number of hydrogen-bond acceptors (Lipinski definition) is 4. The van der Waals surface area contributed by atoms with Crippen molar-refractivity contribution in [3.63, 3.8) is 0 Å². The fourth-order valence-corrected chi connectivity index (χ4v) is 5.52. The predicted molar refractivity (Wildman–Crippen MR) is 126 cm³/mol. The Balaban J connectivity index is 1.57. The summed E-state index contributed by atoms with van der Waals surface area (Å²) in [4.78, 5) is 27.0. The van der Waals surface area contributed by atoms with E-state index >= 15 is 0 Å². The largest absolute Gasteiger partial charge is 0.456 e. The van der Waals surface area contributed by atoms with Crippen molar-refractivity contribution in [1.82, 2.24) is 0 Å². The molecule has 148 valence electrons. The van der Waals surface area contributed by atoms with Crippen LogP contribution in [0.5, 0.6) is 0 Å². The molecule has 0 fully saturated rings. The van der Waals surface area contributed by atoms with Crippen molar-refractivity contribution >= 4 is 68.4 Å². The first-order chi connectivity index (χ1) is 14.4. The topological polar surface area (TPSA) is 47.3 Å². The number of carbonyl (C=O) groups is 2. The van der Waals surface area contributed by atoms with Crippen molar-refractivity contribution in [3.05, 3.63) is 76.3 Å². The average molecular weight is 452 g/mol. The Bertz CT molecular complexity index is 1330. The standard InChI is InChI=1S/C23H15FO3P2S/c1-10-17-18(22(28)23(29)19(10)24)21(26)13(20(17)25)7-12-8-16-14(27-12)9-15(30-16)11-5-3-2-4-6-11/h2-9H,28-29H2,1H3/b13-7-. The molecule has 0 N–H and O–H groups in total. The van der Waals surface area contributed by atoms with Crippen molar-refractivity contribution < 1.29 is 18.4 Å². The van der Waals surface area contributed by atoms with Gasteiger partial charge in [0, 0.05) is 33.4 Å². The molecule has 5 rings (SSSR count). The number of benzene rings is 2. The van der Waals surface area contributed by atoms with Crippen molar-refractivity contribution in [2.24, 2.45) is 0 Å². The molecule has 0 spiro atoms. The summed E-state index contributed by atoms with van der Waals surface area (Å²) >= 11 is 1.58. The van der Waals surface area contributed by atoms with Crippen LogP contribution in [0.3, 0.4) is 0 Å². The van der Waals surface area contributed by atoms with E-state index in [9.17, 15) is 14.0 Å². The maximum atomic E-state index is 14.4. The van der Waals surface area contributed by atoms with E-state index < -0.39 is 17.4 Å². The van der Waals surface area contributed by atoms with Gasteiger partial charge in [0.05, 0.1) is 10.3 Å². The van der Waals surface area contributed by atoms with E-state index in [4.69, 9.17) is 4.42 Å². The van der Waals surface area contributed by atoms with Crippen molar-refractivity contribution in [2.75, 3.05) is 0 Å². The summed E-state index contributed by atoms with van der Waals surface area (Å²) in [6.45, 7) is 1.52. The van der Waals surface area contributed by atoms with Crippen LogP contribution in [0.1, 0.15) is 32.0 Å². The number of allylic oxidation sites excluding steroid dienone is 1. The molecule has 2 unspecified atom stereocenters. The lowest BCUT2D eigenvalue weighted by Crippen LogP contribution is -2.24. The highest BCUT2D eigenvalue weighted by atomic mass is 32.1. The molecule has 3 nitrogen and oxygen atoms in total. The third-order valence-corrected chi connectivity index (χ3v) is 7.87. The van der Waals surface area contributed by atoms with Gasteiger partial charge in [0.2, 0.25) is 0 Å². The molecule has 2 atom stereocenters. The van der Waals surface area contributed by atoms with Gasteiger partial charge < -0.3 is 4.42 Å². The van der Waals surface area contributed by atoms with Gasteiger partial charge in [-0.25, -0.2) is 4.39 Å². The Morgan fingerprint density at radius 1 is 1.00 bits per heavy atom. The van der Waals surface area contributed by atoms with E-state index in [0.29, 0.717) is 16.6 Å². The molecule has 2 aromatic heterocycles. The molecule has 2 heterocycles. The lowest BCUT2D eigenvalue weighted by atomic mass is 10.0. The van der Waals surface area contributed by atoms with Crippen LogP contribution in [-0.4, -0.2) is 11.6 Å². The van der Waals surface area contributed by atoms with Gasteiger partial charge in [0.25, 0.3) is 0 Å². The molecular formula is C23H15FO3P2S. The van der Waals surface area contributed by atoms with Crippen LogP contribution >= 0.6 is 29.8 Å². The number of carbonyl (C=O) groups excluding carboxylic acids is 2. The molecule has 0 radical (unpaired) electrons. The van der Waals surface area contributed by atoms with Crippen LogP contribution in [0.25, 0.3) is 26.8 Å². The SMILES string of the molecule is Cc1c(F)c(P)c(P)c2c1C(=O)/C(=C/c1cc3sc(-c4ccccc4)cc3o1)C2=O. The summed E-state index contributed by atoms with van der Waals surface area (Å²) < 4.78 is 21.3. The average Bonchev–Trinajstić information content (AvgIpc) is 3.38. The van der Waals surface area contributed by atoms with Crippen LogP contribution in [0, 0.1) is 12.7 Å². The predicted octanol–water partition coefficient (Wildman–Crippen LogP) is 5.07. The van der Waals surface area contributed by atoms with E-state index in [1.54, 1.807) is 11.3 Å². The molecule has 1 aliphatic carbocycles. The second kappa shape index (κ2) is 7.06. The fraction of sp³-hybridized carbons (Fsp3) is 0.0435. The zero-order valence-corrected chi connectivity index (χ0v) is 18.9. The van der Waals surface area contributed by atoms with E-state index in [2.05, 4.69) is 18.5 Å². The van der Waals surface area contributed by atoms with Gasteiger partial charge in [0.15, 0.2) is 11.6 Å². The molecule has 1 aliphatic rings. The summed E-state index contributed by atoms with van der Waals surface area (Å²) in [5.74, 6) is -0.936. The highest BCUT2D eigenvalue weighted by Gasteiger charge is 2.38. The lowest BCUT2D eigenvalue weighted by Gasteiger charge is -2.10. The minimum Gasteiger partial charge on any atom is -0.456 e. The van der Waals surface area contributed by atoms with E-state index in [1.807, 2.05) is 42.5 Å². The molecule has 0 saturated carbocycles. The first-order valence-electron chi connectivity index (χ1n) is 9.13. The third kappa shape index (κ3) is 2.85. The third-order valence-electron chi connectivity index (χ3n) is 5.26. The second-order valence-corrected chi connectivity index (χ2v) is 9.33. The fourth-order valence-electron chi connectivity index (χ4n) is 3.72. The highest BCUT2D eigenvalue weighted by molar-refractivity contribution is 7.36. The molecule has 0 amide bonds. The normalized spacial score (nSPS) is 14.9. The molecular weight excluding hydrogens is 437 g/mol. The smallest absolute Gasteiger partial charge is 0.198 e. The monoisotopic (exact) mass is 452 g/mol. The summed E-state index contributed by atoms with van der Waals surface area (Å²) in [6.07, 6.45) is 1.46. The van der Waals surface area contributed by atoms with Gasteiger partial charge in [-0.2, -0.15) is 0 Å². The number of halogens is 1. The summed E-state index contributed by atoms with van der Waals surface area (Å²) in [6, 6.07) is 13.8. The summed E-state index contributed by atoms with van der Waals surface area (Å²) in [7, 11) is 4.67. The Hall–Kier alpha value is -2.45. The molecule has 0 bridgehead atoms. The highest BCUT2D eigenvalue weighted by Crippen LogP contribution is 2.37. The Kier molecular flexibility index (Phi) is 4.59. The van der Waals surface area contributed by atoms with Gasteiger partial charge in [-0.05, 0) is 29.4 Å². The molecule has 7 heteroatoms. The zero-order valence-electron chi connectivity index (χ0n) is 15.8. The van der Waals surface area contributed by atoms with Crippen LogP contribution in [0.15, 0.2) is 52.5 Å².